The lowest BCUT2D eigenvalue weighted by Crippen LogP contribution is -2.31. The molecule has 8 heteroatoms. The molecule has 19 heavy (non-hydrogen) atoms. The van der Waals surface area contributed by atoms with Crippen LogP contribution in [0.25, 0.3) is 0 Å². The molecule has 1 aromatic carbocycles. The SMILES string of the molecule is C=CCNC(=S)N/N=C/c1cc(Br)c(O)c(Br)c1O. The molecule has 102 valence electrons. The molecule has 0 bridgehead atoms. The number of hydrogen-bond donors (Lipinski definition) is 4. The summed E-state index contributed by atoms with van der Waals surface area (Å²) in [6, 6.07) is 1.53. The summed E-state index contributed by atoms with van der Waals surface area (Å²) < 4.78 is 0.627. The number of halogens is 2. The first-order valence-corrected chi connectivity index (χ1v) is 7.04. The number of benzene rings is 1. The highest BCUT2D eigenvalue weighted by molar-refractivity contribution is 9.11. The van der Waals surface area contributed by atoms with Crippen LogP contribution in [-0.2, 0) is 0 Å². The molecule has 1 aromatic rings. The molecule has 0 atom stereocenters. The van der Waals surface area contributed by atoms with Crippen LogP contribution in [0.15, 0.2) is 32.8 Å². The van der Waals surface area contributed by atoms with Crippen LogP contribution < -0.4 is 10.7 Å². The molecular formula is C11H11Br2N3O2S. The van der Waals surface area contributed by atoms with Crippen molar-refractivity contribution >= 4 is 55.4 Å². The molecule has 5 nitrogen and oxygen atoms in total. The lowest BCUT2D eigenvalue weighted by Gasteiger charge is -2.07. The Morgan fingerprint density at radius 2 is 2.11 bits per heavy atom. The quantitative estimate of drug-likeness (QED) is 0.266. The van der Waals surface area contributed by atoms with Gasteiger partial charge in [-0.3, -0.25) is 5.43 Å². The van der Waals surface area contributed by atoms with Crippen molar-refractivity contribution in [3.8, 4) is 11.5 Å². The van der Waals surface area contributed by atoms with Crippen molar-refractivity contribution < 1.29 is 10.2 Å². The third kappa shape index (κ3) is 4.48. The average molecular weight is 409 g/mol. The number of hydrogen-bond acceptors (Lipinski definition) is 4. The number of aromatic hydroxyl groups is 2. The van der Waals surface area contributed by atoms with Crippen LogP contribution in [0, 0.1) is 0 Å². The van der Waals surface area contributed by atoms with Crippen molar-refractivity contribution in [2.45, 2.75) is 0 Å². The van der Waals surface area contributed by atoms with Gasteiger partial charge in [0, 0.05) is 12.1 Å². The minimum atomic E-state index is -0.115. The summed E-state index contributed by atoms with van der Waals surface area (Å²) in [4.78, 5) is 0. The van der Waals surface area contributed by atoms with E-state index < -0.39 is 0 Å². The van der Waals surface area contributed by atoms with Gasteiger partial charge in [-0.25, -0.2) is 0 Å². The minimum Gasteiger partial charge on any atom is -0.506 e. The second-order valence-electron chi connectivity index (χ2n) is 3.33. The zero-order chi connectivity index (χ0) is 14.4. The number of thiocarbonyl (C=S) groups is 1. The molecule has 0 heterocycles. The first-order chi connectivity index (χ1) is 8.97. The maximum Gasteiger partial charge on any atom is 0.187 e. The first kappa shape index (κ1) is 15.9. The van der Waals surface area contributed by atoms with E-state index in [1.54, 1.807) is 6.08 Å². The molecule has 0 amide bonds. The van der Waals surface area contributed by atoms with Gasteiger partial charge in [-0.15, -0.1) is 6.58 Å². The van der Waals surface area contributed by atoms with Crippen LogP contribution in [-0.4, -0.2) is 28.1 Å². The van der Waals surface area contributed by atoms with Crippen molar-refractivity contribution in [2.75, 3.05) is 6.54 Å². The molecule has 0 aromatic heterocycles. The Balaban J connectivity index is 2.77. The number of phenols is 2. The predicted octanol–water partition coefficient (Wildman–Crippen LogP) is 2.61. The summed E-state index contributed by atoms with van der Waals surface area (Å²) >= 11 is 11.2. The fraction of sp³-hybridized carbons (Fsp3) is 0.0909. The minimum absolute atomic E-state index is 0.0780. The van der Waals surface area contributed by atoms with Crippen molar-refractivity contribution in [1.29, 1.82) is 0 Å². The van der Waals surface area contributed by atoms with Gasteiger partial charge in [-0.2, -0.15) is 5.10 Å². The zero-order valence-electron chi connectivity index (χ0n) is 9.65. The van der Waals surface area contributed by atoms with Crippen molar-refractivity contribution in [3.05, 3.63) is 33.2 Å². The third-order valence-corrected chi connectivity index (χ3v) is 3.57. The number of rotatable bonds is 4. The van der Waals surface area contributed by atoms with Gasteiger partial charge >= 0.3 is 0 Å². The molecule has 0 spiro atoms. The van der Waals surface area contributed by atoms with E-state index in [-0.39, 0.29) is 16.0 Å². The number of nitrogens with zero attached hydrogens (tertiary/aromatic N) is 1. The molecular weight excluding hydrogens is 398 g/mol. The summed E-state index contributed by atoms with van der Waals surface area (Å²) in [5.41, 5.74) is 3.00. The largest absolute Gasteiger partial charge is 0.506 e. The fourth-order valence-electron chi connectivity index (χ4n) is 1.08. The highest BCUT2D eigenvalue weighted by atomic mass is 79.9. The lowest BCUT2D eigenvalue weighted by atomic mass is 10.2. The average Bonchev–Trinajstić information content (AvgIpc) is 2.39. The number of phenolic OH excluding ortho intramolecular Hbond substituents is 2. The molecule has 0 aliphatic heterocycles. The Hall–Kier alpha value is -1.12. The van der Waals surface area contributed by atoms with Crippen LogP contribution in [0.2, 0.25) is 0 Å². The summed E-state index contributed by atoms with van der Waals surface area (Å²) in [5, 5.41) is 26.4. The summed E-state index contributed by atoms with van der Waals surface area (Å²) in [5.74, 6) is -0.193. The van der Waals surface area contributed by atoms with Crippen molar-refractivity contribution in [1.82, 2.24) is 10.7 Å². The number of hydrazone groups is 1. The Bertz CT molecular complexity index is 535. The summed E-state index contributed by atoms with van der Waals surface area (Å²) in [7, 11) is 0. The first-order valence-electron chi connectivity index (χ1n) is 5.05. The Morgan fingerprint density at radius 3 is 2.74 bits per heavy atom. The normalized spacial score (nSPS) is 10.4. The van der Waals surface area contributed by atoms with Crippen LogP contribution in [0.1, 0.15) is 5.56 Å². The van der Waals surface area contributed by atoms with E-state index in [1.807, 2.05) is 0 Å². The van der Waals surface area contributed by atoms with Crippen molar-refractivity contribution in [2.24, 2.45) is 5.10 Å². The monoisotopic (exact) mass is 407 g/mol. The molecule has 0 saturated carbocycles. The van der Waals surface area contributed by atoms with E-state index in [9.17, 15) is 10.2 Å². The van der Waals surface area contributed by atoms with Gasteiger partial charge in [0.15, 0.2) is 5.11 Å². The molecule has 4 N–H and O–H groups in total. The predicted molar refractivity (Wildman–Crippen MR) is 86.7 cm³/mol. The van der Waals surface area contributed by atoms with Gasteiger partial charge in [0.05, 0.1) is 10.7 Å². The van der Waals surface area contributed by atoms with Gasteiger partial charge in [-0.1, -0.05) is 6.08 Å². The highest BCUT2D eigenvalue weighted by Gasteiger charge is 2.12. The summed E-state index contributed by atoms with van der Waals surface area (Å²) in [6.45, 7) is 4.07. The zero-order valence-corrected chi connectivity index (χ0v) is 13.6. The van der Waals surface area contributed by atoms with E-state index in [4.69, 9.17) is 12.2 Å². The van der Waals surface area contributed by atoms with E-state index >= 15 is 0 Å². The van der Waals surface area contributed by atoms with Gasteiger partial charge in [-0.05, 0) is 50.1 Å². The molecule has 0 fully saturated rings. The second kappa shape index (κ2) is 7.46. The second-order valence-corrected chi connectivity index (χ2v) is 5.38. The lowest BCUT2D eigenvalue weighted by molar-refractivity contribution is 0.442. The highest BCUT2D eigenvalue weighted by Crippen LogP contribution is 2.40. The van der Waals surface area contributed by atoms with E-state index in [1.165, 1.54) is 12.3 Å². The van der Waals surface area contributed by atoms with E-state index in [0.717, 1.165) is 0 Å². The third-order valence-electron chi connectivity index (χ3n) is 1.97. The van der Waals surface area contributed by atoms with Gasteiger partial charge in [0.2, 0.25) is 0 Å². The Labute approximate surface area is 132 Å². The molecule has 0 aliphatic rings. The molecule has 0 radical (unpaired) electrons. The smallest absolute Gasteiger partial charge is 0.187 e. The van der Waals surface area contributed by atoms with Crippen LogP contribution in [0.5, 0.6) is 11.5 Å². The maximum atomic E-state index is 9.80. The molecule has 0 unspecified atom stereocenters. The standard InChI is InChI=1S/C11H11Br2N3O2S/c1-2-3-14-11(19)16-15-5-6-4-7(12)10(18)8(13)9(6)17/h2,4-5,17-18H,1,3H2,(H2,14,16,19)/b15-5+. The van der Waals surface area contributed by atoms with Gasteiger partial charge < -0.3 is 15.5 Å². The van der Waals surface area contributed by atoms with Crippen molar-refractivity contribution in [3.63, 3.8) is 0 Å². The van der Waals surface area contributed by atoms with Gasteiger partial charge in [0.25, 0.3) is 0 Å². The van der Waals surface area contributed by atoms with Crippen LogP contribution in [0.3, 0.4) is 0 Å². The fourth-order valence-corrected chi connectivity index (χ4v) is 2.37. The van der Waals surface area contributed by atoms with Crippen LogP contribution in [0.4, 0.5) is 0 Å². The Kier molecular flexibility index (Phi) is 6.26. The number of nitrogens with one attached hydrogen (secondary N) is 2. The summed E-state index contributed by atoms with van der Waals surface area (Å²) in [6.07, 6.45) is 3.05. The molecule has 0 saturated heterocycles. The Morgan fingerprint density at radius 1 is 1.42 bits per heavy atom. The maximum absolute atomic E-state index is 9.80. The topological polar surface area (TPSA) is 76.9 Å². The van der Waals surface area contributed by atoms with Gasteiger partial charge in [0.1, 0.15) is 16.0 Å². The molecule has 1 rings (SSSR count). The molecule has 0 aliphatic carbocycles. The van der Waals surface area contributed by atoms with E-state index in [2.05, 4.69) is 54.3 Å². The van der Waals surface area contributed by atoms with Crippen LogP contribution >= 0.6 is 44.1 Å². The van der Waals surface area contributed by atoms with E-state index in [0.29, 0.717) is 21.7 Å².